The van der Waals surface area contributed by atoms with E-state index in [0.717, 1.165) is 16.4 Å². The van der Waals surface area contributed by atoms with Gasteiger partial charge in [-0.3, -0.25) is 4.57 Å². The number of rotatable bonds is 3. The summed E-state index contributed by atoms with van der Waals surface area (Å²) in [5.41, 5.74) is 0.795. The fourth-order valence-corrected chi connectivity index (χ4v) is 2.74. The highest BCUT2D eigenvalue weighted by atomic mass is 35.5. The van der Waals surface area contributed by atoms with Crippen molar-refractivity contribution in [1.29, 1.82) is 0 Å². The molecule has 0 saturated heterocycles. The standard InChI is InChI=1S/C13H10ClN3OS/c14-8-12-15-16-13(11-5-2-6-19-11)17(12)9-3-1-4-10(18)7-9/h1-7,18H,8H2. The number of thiophene rings is 1. The van der Waals surface area contributed by atoms with Gasteiger partial charge < -0.3 is 5.11 Å². The first-order chi connectivity index (χ1) is 9.29. The van der Waals surface area contributed by atoms with Gasteiger partial charge in [0.05, 0.1) is 16.4 Å². The minimum atomic E-state index is 0.198. The van der Waals surface area contributed by atoms with Crippen molar-refractivity contribution in [1.82, 2.24) is 14.8 Å². The molecule has 0 aliphatic heterocycles. The molecule has 0 saturated carbocycles. The average molecular weight is 292 g/mol. The summed E-state index contributed by atoms with van der Waals surface area (Å²) in [7, 11) is 0. The Balaban J connectivity index is 2.21. The van der Waals surface area contributed by atoms with E-state index >= 15 is 0 Å². The van der Waals surface area contributed by atoms with E-state index in [2.05, 4.69) is 10.2 Å². The Morgan fingerprint density at radius 1 is 1.21 bits per heavy atom. The number of phenolic OH excluding ortho intramolecular Hbond substituents is 1. The van der Waals surface area contributed by atoms with E-state index in [1.165, 1.54) is 0 Å². The minimum Gasteiger partial charge on any atom is -0.508 e. The van der Waals surface area contributed by atoms with Crippen LogP contribution in [0.25, 0.3) is 16.4 Å². The Kier molecular flexibility index (Phi) is 3.23. The van der Waals surface area contributed by atoms with Crippen LogP contribution in [0.2, 0.25) is 0 Å². The zero-order valence-corrected chi connectivity index (χ0v) is 11.4. The van der Waals surface area contributed by atoms with Crippen molar-refractivity contribution in [3.05, 3.63) is 47.6 Å². The second kappa shape index (κ2) is 5.03. The van der Waals surface area contributed by atoms with Gasteiger partial charge in [-0.15, -0.1) is 33.1 Å². The lowest BCUT2D eigenvalue weighted by molar-refractivity contribution is 0.475. The lowest BCUT2D eigenvalue weighted by Crippen LogP contribution is -2.00. The number of halogens is 1. The van der Waals surface area contributed by atoms with Gasteiger partial charge in [0.25, 0.3) is 0 Å². The molecule has 0 bridgehead atoms. The van der Waals surface area contributed by atoms with Crippen LogP contribution in [0, 0.1) is 0 Å². The van der Waals surface area contributed by atoms with Crippen LogP contribution in [-0.4, -0.2) is 19.9 Å². The molecule has 19 heavy (non-hydrogen) atoms. The topological polar surface area (TPSA) is 50.9 Å². The van der Waals surface area contributed by atoms with Gasteiger partial charge in [-0.25, -0.2) is 0 Å². The third-order valence-electron chi connectivity index (χ3n) is 2.68. The zero-order chi connectivity index (χ0) is 13.2. The zero-order valence-electron chi connectivity index (χ0n) is 9.82. The maximum atomic E-state index is 9.61. The van der Waals surface area contributed by atoms with Crippen molar-refractivity contribution in [3.8, 4) is 22.1 Å². The maximum Gasteiger partial charge on any atom is 0.178 e. The van der Waals surface area contributed by atoms with Crippen LogP contribution in [0.1, 0.15) is 5.82 Å². The summed E-state index contributed by atoms with van der Waals surface area (Å²) in [6, 6.07) is 10.9. The Hall–Kier alpha value is -1.85. The van der Waals surface area contributed by atoms with Gasteiger partial charge in [-0.1, -0.05) is 12.1 Å². The number of hydrogen-bond acceptors (Lipinski definition) is 4. The Bertz CT molecular complexity index is 694. The second-order valence-corrected chi connectivity index (χ2v) is 5.12. The van der Waals surface area contributed by atoms with E-state index in [1.807, 2.05) is 28.1 Å². The molecule has 6 heteroatoms. The molecule has 2 aromatic heterocycles. The first-order valence-electron chi connectivity index (χ1n) is 5.63. The van der Waals surface area contributed by atoms with Crippen molar-refractivity contribution in [2.45, 2.75) is 5.88 Å². The van der Waals surface area contributed by atoms with Crippen LogP contribution >= 0.6 is 22.9 Å². The smallest absolute Gasteiger partial charge is 0.178 e. The number of benzene rings is 1. The molecule has 0 spiro atoms. The first kappa shape index (κ1) is 12.2. The van der Waals surface area contributed by atoms with Gasteiger partial charge in [0.15, 0.2) is 11.6 Å². The number of alkyl halides is 1. The predicted octanol–water partition coefficient (Wildman–Crippen LogP) is 3.44. The monoisotopic (exact) mass is 291 g/mol. The Morgan fingerprint density at radius 3 is 2.79 bits per heavy atom. The highest BCUT2D eigenvalue weighted by Gasteiger charge is 2.15. The lowest BCUT2D eigenvalue weighted by Gasteiger charge is -2.08. The Morgan fingerprint density at radius 2 is 2.11 bits per heavy atom. The highest BCUT2D eigenvalue weighted by Crippen LogP contribution is 2.28. The normalized spacial score (nSPS) is 10.8. The van der Waals surface area contributed by atoms with E-state index < -0.39 is 0 Å². The van der Waals surface area contributed by atoms with E-state index in [9.17, 15) is 5.11 Å². The number of aromatic hydroxyl groups is 1. The molecule has 0 unspecified atom stereocenters. The fraction of sp³-hybridized carbons (Fsp3) is 0.0769. The summed E-state index contributed by atoms with van der Waals surface area (Å²) in [5.74, 6) is 1.84. The maximum absolute atomic E-state index is 9.61. The van der Waals surface area contributed by atoms with E-state index in [1.54, 1.807) is 29.5 Å². The molecule has 3 aromatic rings. The molecule has 0 fully saturated rings. The number of phenols is 1. The molecule has 0 aliphatic carbocycles. The molecular weight excluding hydrogens is 282 g/mol. The third-order valence-corrected chi connectivity index (χ3v) is 3.78. The quantitative estimate of drug-likeness (QED) is 0.752. The molecule has 1 N–H and O–H groups in total. The van der Waals surface area contributed by atoms with Gasteiger partial charge in [0.2, 0.25) is 0 Å². The fourth-order valence-electron chi connectivity index (χ4n) is 1.87. The average Bonchev–Trinajstić information content (AvgIpc) is 3.07. The van der Waals surface area contributed by atoms with Crippen molar-refractivity contribution in [2.75, 3.05) is 0 Å². The molecule has 0 radical (unpaired) electrons. The minimum absolute atomic E-state index is 0.198. The van der Waals surface area contributed by atoms with Gasteiger partial charge in [-0.05, 0) is 23.6 Å². The summed E-state index contributed by atoms with van der Waals surface area (Å²) in [6.45, 7) is 0. The summed E-state index contributed by atoms with van der Waals surface area (Å²) in [6.07, 6.45) is 0. The van der Waals surface area contributed by atoms with Gasteiger partial charge in [0.1, 0.15) is 5.75 Å². The summed E-state index contributed by atoms with van der Waals surface area (Å²) < 4.78 is 1.86. The van der Waals surface area contributed by atoms with Crippen LogP contribution in [0.4, 0.5) is 0 Å². The Labute approximate surface area is 118 Å². The molecule has 0 amide bonds. The van der Waals surface area contributed by atoms with Crippen LogP contribution in [0.3, 0.4) is 0 Å². The van der Waals surface area contributed by atoms with Crippen molar-refractivity contribution in [2.24, 2.45) is 0 Å². The second-order valence-electron chi connectivity index (χ2n) is 3.91. The van der Waals surface area contributed by atoms with Crippen molar-refractivity contribution in [3.63, 3.8) is 0 Å². The summed E-state index contributed by atoms with van der Waals surface area (Å²) in [5, 5.41) is 19.9. The molecule has 96 valence electrons. The largest absolute Gasteiger partial charge is 0.508 e. The van der Waals surface area contributed by atoms with Gasteiger partial charge in [-0.2, -0.15) is 0 Å². The van der Waals surface area contributed by atoms with Gasteiger partial charge in [0, 0.05) is 6.07 Å². The number of aromatic nitrogens is 3. The third kappa shape index (κ3) is 2.22. The van der Waals surface area contributed by atoms with Crippen LogP contribution < -0.4 is 0 Å². The molecule has 1 aromatic carbocycles. The van der Waals surface area contributed by atoms with E-state index in [4.69, 9.17) is 11.6 Å². The first-order valence-corrected chi connectivity index (χ1v) is 7.04. The summed E-state index contributed by atoms with van der Waals surface area (Å²) in [4.78, 5) is 1.01. The molecule has 3 rings (SSSR count). The van der Waals surface area contributed by atoms with Gasteiger partial charge >= 0.3 is 0 Å². The number of hydrogen-bond donors (Lipinski definition) is 1. The molecule has 0 aliphatic rings. The predicted molar refractivity (Wildman–Crippen MR) is 75.9 cm³/mol. The van der Waals surface area contributed by atoms with Crippen LogP contribution in [0.15, 0.2) is 41.8 Å². The molecular formula is C13H10ClN3OS. The van der Waals surface area contributed by atoms with Crippen LogP contribution in [-0.2, 0) is 5.88 Å². The molecule has 2 heterocycles. The van der Waals surface area contributed by atoms with E-state index in [0.29, 0.717) is 5.82 Å². The number of nitrogens with zero attached hydrogens (tertiary/aromatic N) is 3. The molecule has 4 nitrogen and oxygen atoms in total. The lowest BCUT2D eigenvalue weighted by atomic mass is 10.3. The van der Waals surface area contributed by atoms with E-state index in [-0.39, 0.29) is 11.6 Å². The SMILES string of the molecule is Oc1cccc(-n2c(CCl)nnc2-c2cccs2)c1. The van der Waals surface area contributed by atoms with Crippen molar-refractivity contribution >= 4 is 22.9 Å². The molecule has 0 atom stereocenters. The van der Waals surface area contributed by atoms with Crippen molar-refractivity contribution < 1.29 is 5.11 Å². The van der Waals surface area contributed by atoms with Crippen LogP contribution in [0.5, 0.6) is 5.75 Å². The summed E-state index contributed by atoms with van der Waals surface area (Å²) >= 11 is 7.50. The highest BCUT2D eigenvalue weighted by molar-refractivity contribution is 7.13.